The van der Waals surface area contributed by atoms with E-state index in [4.69, 9.17) is 9.47 Å². The summed E-state index contributed by atoms with van der Waals surface area (Å²) in [4.78, 5) is 24.4. The Balaban J connectivity index is 0.000000227. The number of piperidine rings is 2. The Hall–Kier alpha value is -3.46. The van der Waals surface area contributed by atoms with E-state index in [1.54, 1.807) is 6.07 Å². The smallest absolute Gasteiger partial charge is 0.199 e. The van der Waals surface area contributed by atoms with Crippen LogP contribution in [0, 0.1) is 11.3 Å². The molecule has 0 radical (unpaired) electrons. The van der Waals surface area contributed by atoms with E-state index >= 15 is 0 Å². The SMILES string of the molecule is C1CC(N2CCOCC2)CCN1.Cn1c2cc(N3CCC(N4CCOCC4)CC3)ccc2c(=O)c2c3ccc(C#N)cc3[nH]c21. The average molecular weight is 612 g/mol. The van der Waals surface area contributed by atoms with Gasteiger partial charge in [0.05, 0.1) is 49.0 Å². The molecule has 45 heavy (non-hydrogen) atoms. The average Bonchev–Trinajstić information content (AvgIpc) is 3.51. The van der Waals surface area contributed by atoms with Gasteiger partial charge >= 0.3 is 0 Å². The number of benzene rings is 2. The molecule has 0 amide bonds. The number of ether oxygens (including phenoxy) is 2. The monoisotopic (exact) mass is 611 g/mol. The summed E-state index contributed by atoms with van der Waals surface area (Å²) in [5.41, 5.74) is 4.31. The fourth-order valence-electron chi connectivity index (χ4n) is 7.72. The first-order valence-corrected chi connectivity index (χ1v) is 16.7. The second-order valence-corrected chi connectivity index (χ2v) is 12.8. The summed E-state index contributed by atoms with van der Waals surface area (Å²) in [5, 5.41) is 14.9. The van der Waals surface area contributed by atoms with Gasteiger partial charge in [-0.15, -0.1) is 0 Å². The number of aromatic amines is 1. The molecule has 10 nitrogen and oxygen atoms in total. The van der Waals surface area contributed by atoms with Gasteiger partial charge in [0.15, 0.2) is 5.43 Å². The topological polar surface area (TPSA) is 102 Å². The maximum atomic E-state index is 13.4. The molecule has 4 aliphatic heterocycles. The number of morpholine rings is 2. The number of hydrogen-bond donors (Lipinski definition) is 2. The van der Waals surface area contributed by atoms with Gasteiger partial charge in [-0.1, -0.05) is 6.07 Å². The largest absolute Gasteiger partial charge is 0.379 e. The summed E-state index contributed by atoms with van der Waals surface area (Å²) in [6, 6.07) is 15.3. The first-order chi connectivity index (χ1) is 22.1. The lowest BCUT2D eigenvalue weighted by Gasteiger charge is -2.40. The molecule has 0 atom stereocenters. The van der Waals surface area contributed by atoms with E-state index < -0.39 is 0 Å². The van der Waals surface area contributed by atoms with E-state index in [-0.39, 0.29) is 5.43 Å². The first-order valence-electron chi connectivity index (χ1n) is 16.7. The van der Waals surface area contributed by atoms with Crippen LogP contribution in [0.5, 0.6) is 0 Å². The highest BCUT2D eigenvalue weighted by Crippen LogP contribution is 2.30. The second-order valence-electron chi connectivity index (χ2n) is 12.8. The number of H-pyrrole nitrogens is 1. The third-order valence-electron chi connectivity index (χ3n) is 10.3. The number of pyridine rings is 1. The van der Waals surface area contributed by atoms with Crippen LogP contribution in [0.1, 0.15) is 31.2 Å². The van der Waals surface area contributed by atoms with Crippen LogP contribution in [0.25, 0.3) is 32.8 Å². The molecule has 4 saturated heterocycles. The van der Waals surface area contributed by atoms with Gasteiger partial charge in [0.1, 0.15) is 5.65 Å². The van der Waals surface area contributed by atoms with Gasteiger partial charge in [0.25, 0.3) is 0 Å². The molecule has 238 valence electrons. The lowest BCUT2D eigenvalue weighted by Crippen LogP contribution is -2.49. The van der Waals surface area contributed by atoms with Crippen LogP contribution < -0.4 is 15.6 Å². The second kappa shape index (κ2) is 13.5. The molecule has 0 unspecified atom stereocenters. The third kappa shape index (κ3) is 6.20. The molecule has 0 saturated carbocycles. The summed E-state index contributed by atoms with van der Waals surface area (Å²) in [5.74, 6) is 0. The number of nitrogens with zero attached hydrogens (tertiary/aromatic N) is 5. The number of anilines is 1. The van der Waals surface area contributed by atoms with Gasteiger partial charge in [0, 0.05) is 80.4 Å². The number of aromatic nitrogens is 2. The minimum Gasteiger partial charge on any atom is -0.379 e. The highest BCUT2D eigenvalue weighted by atomic mass is 16.5. The van der Waals surface area contributed by atoms with Gasteiger partial charge in [-0.05, 0) is 69.1 Å². The van der Waals surface area contributed by atoms with Gasteiger partial charge in [-0.3, -0.25) is 14.6 Å². The quantitative estimate of drug-likeness (QED) is 0.364. The number of aryl methyl sites for hydroxylation is 1. The molecule has 6 heterocycles. The Labute approximate surface area is 264 Å². The predicted molar refractivity (Wildman–Crippen MR) is 179 cm³/mol. The van der Waals surface area contributed by atoms with Crippen molar-refractivity contribution in [3.05, 3.63) is 52.2 Å². The van der Waals surface area contributed by atoms with E-state index in [1.165, 1.54) is 31.6 Å². The van der Waals surface area contributed by atoms with Crippen molar-refractivity contribution in [2.75, 3.05) is 83.7 Å². The van der Waals surface area contributed by atoms with E-state index in [0.717, 1.165) is 112 Å². The van der Waals surface area contributed by atoms with E-state index in [1.807, 2.05) is 25.2 Å². The Morgan fingerprint density at radius 1 is 0.800 bits per heavy atom. The predicted octanol–water partition coefficient (Wildman–Crippen LogP) is 3.42. The molecule has 0 spiro atoms. The molecule has 4 fully saturated rings. The van der Waals surface area contributed by atoms with Crippen molar-refractivity contribution >= 4 is 38.5 Å². The van der Waals surface area contributed by atoms with Crippen molar-refractivity contribution in [3.8, 4) is 6.07 Å². The molecule has 2 aromatic carbocycles. The standard InChI is InChI=1S/C26H27N5O2.C9H18N2O/c1-29-23-15-19(30-8-6-18(7-9-30)31-10-12-33-13-11-31)3-5-21(23)25(32)24-20-4-2-17(16-27)14-22(20)28-26(24)29;1-3-10-4-2-9(1)11-5-7-12-8-6-11/h2-5,14-15,18,28H,6-13H2,1H3;9-10H,1-8H2. The minimum absolute atomic E-state index is 0.0339. The summed E-state index contributed by atoms with van der Waals surface area (Å²) < 4.78 is 12.9. The van der Waals surface area contributed by atoms with E-state index in [0.29, 0.717) is 17.0 Å². The number of hydrogen-bond acceptors (Lipinski definition) is 8. The maximum absolute atomic E-state index is 13.4. The van der Waals surface area contributed by atoms with Gasteiger partial charge in [-0.25, -0.2) is 0 Å². The number of nitrogens with one attached hydrogen (secondary N) is 2. The first kappa shape index (κ1) is 30.2. The van der Waals surface area contributed by atoms with Gasteiger partial charge in [0.2, 0.25) is 0 Å². The van der Waals surface area contributed by atoms with Crippen LogP contribution >= 0.6 is 0 Å². The summed E-state index contributed by atoms with van der Waals surface area (Å²) in [6.45, 7) is 12.4. The molecule has 2 N–H and O–H groups in total. The van der Waals surface area contributed by atoms with Crippen molar-refractivity contribution in [2.45, 2.75) is 37.8 Å². The molecule has 2 aromatic heterocycles. The minimum atomic E-state index is 0.0339. The van der Waals surface area contributed by atoms with Gasteiger partial charge in [-0.2, -0.15) is 5.26 Å². The zero-order valence-electron chi connectivity index (χ0n) is 26.4. The van der Waals surface area contributed by atoms with Crippen molar-refractivity contribution in [2.24, 2.45) is 7.05 Å². The third-order valence-corrected chi connectivity index (χ3v) is 10.3. The van der Waals surface area contributed by atoms with Crippen LogP contribution in [0.2, 0.25) is 0 Å². The van der Waals surface area contributed by atoms with Crippen LogP contribution in [-0.2, 0) is 16.5 Å². The molecule has 0 bridgehead atoms. The summed E-state index contributed by atoms with van der Waals surface area (Å²) in [7, 11) is 2.00. The van der Waals surface area contributed by atoms with Crippen molar-refractivity contribution in [1.82, 2.24) is 24.7 Å². The Morgan fingerprint density at radius 2 is 1.42 bits per heavy atom. The zero-order valence-corrected chi connectivity index (χ0v) is 26.4. The van der Waals surface area contributed by atoms with Crippen LogP contribution in [0.4, 0.5) is 5.69 Å². The Morgan fingerprint density at radius 3 is 2.07 bits per heavy atom. The fraction of sp³-hybridized carbons (Fsp3) is 0.543. The molecule has 10 heteroatoms. The van der Waals surface area contributed by atoms with Gasteiger partial charge < -0.3 is 29.2 Å². The molecule has 0 aliphatic carbocycles. The van der Waals surface area contributed by atoms with E-state index in [2.05, 4.69) is 47.8 Å². The van der Waals surface area contributed by atoms with Crippen LogP contribution in [0.15, 0.2) is 41.2 Å². The van der Waals surface area contributed by atoms with Crippen molar-refractivity contribution < 1.29 is 9.47 Å². The van der Waals surface area contributed by atoms with E-state index in [9.17, 15) is 10.1 Å². The van der Waals surface area contributed by atoms with Crippen molar-refractivity contribution in [1.29, 1.82) is 5.26 Å². The molecule has 4 aliphatic rings. The normalized spacial score (nSPS) is 21.2. The molecular weight excluding hydrogens is 566 g/mol. The number of fused-ring (bicyclic) bond motifs is 4. The molecule has 8 rings (SSSR count). The van der Waals surface area contributed by atoms with Crippen molar-refractivity contribution in [3.63, 3.8) is 0 Å². The lowest BCUT2D eigenvalue weighted by atomic mass is 10.0. The maximum Gasteiger partial charge on any atom is 0.199 e. The molecule has 4 aromatic rings. The number of nitriles is 1. The van der Waals surface area contributed by atoms with Crippen LogP contribution in [0.3, 0.4) is 0 Å². The lowest BCUT2D eigenvalue weighted by molar-refractivity contribution is 0.0101. The Kier molecular flexibility index (Phi) is 9.06. The Bertz CT molecular complexity index is 1720. The highest BCUT2D eigenvalue weighted by Gasteiger charge is 2.26. The highest BCUT2D eigenvalue weighted by molar-refractivity contribution is 6.10. The zero-order chi connectivity index (χ0) is 30.8. The fourth-order valence-corrected chi connectivity index (χ4v) is 7.72. The summed E-state index contributed by atoms with van der Waals surface area (Å²) >= 11 is 0. The van der Waals surface area contributed by atoms with Crippen LogP contribution in [-0.4, -0.2) is 110 Å². The molecular formula is C35H45N7O3. The number of rotatable bonds is 3. The summed E-state index contributed by atoms with van der Waals surface area (Å²) in [6.07, 6.45) is 4.94.